The zero-order chi connectivity index (χ0) is 19.9. The fraction of sp³-hybridized carbons (Fsp3) is 0.263. The van der Waals surface area contributed by atoms with Gasteiger partial charge in [0.1, 0.15) is 22.0 Å². The van der Waals surface area contributed by atoms with Gasteiger partial charge in [-0.3, -0.25) is 9.59 Å². The molecule has 0 radical (unpaired) electrons. The number of nitrogens with one attached hydrogen (secondary N) is 1. The Bertz CT molecular complexity index is 962. The van der Waals surface area contributed by atoms with Crippen LogP contribution in [0.25, 0.3) is 10.2 Å². The first kappa shape index (κ1) is 20.2. The van der Waals surface area contributed by atoms with E-state index in [-0.39, 0.29) is 36.5 Å². The third kappa shape index (κ3) is 5.26. The SMILES string of the molecule is CCN(CC(=O)NCc1ccc(F)cc1)C(=O)CSc1ncnc2sccc12. The van der Waals surface area contributed by atoms with Crippen LogP contribution < -0.4 is 5.32 Å². The molecule has 0 saturated carbocycles. The molecular weight excluding hydrogens is 399 g/mol. The first-order valence-electron chi connectivity index (χ1n) is 8.66. The summed E-state index contributed by atoms with van der Waals surface area (Å²) in [4.78, 5) is 35.5. The third-order valence-corrected chi connectivity index (χ3v) is 5.84. The zero-order valence-corrected chi connectivity index (χ0v) is 16.9. The molecule has 0 unspecified atom stereocenters. The fourth-order valence-electron chi connectivity index (χ4n) is 2.51. The molecule has 9 heteroatoms. The van der Waals surface area contributed by atoms with Gasteiger partial charge in [-0.05, 0) is 36.1 Å². The lowest BCUT2D eigenvalue weighted by molar-refractivity contribution is -0.133. The summed E-state index contributed by atoms with van der Waals surface area (Å²) >= 11 is 2.87. The van der Waals surface area contributed by atoms with Gasteiger partial charge in [0.05, 0.1) is 12.3 Å². The lowest BCUT2D eigenvalue weighted by atomic mass is 10.2. The molecule has 3 aromatic rings. The maximum Gasteiger partial charge on any atom is 0.239 e. The van der Waals surface area contributed by atoms with E-state index in [2.05, 4.69) is 15.3 Å². The van der Waals surface area contributed by atoms with E-state index in [0.29, 0.717) is 6.54 Å². The van der Waals surface area contributed by atoms with Crippen molar-refractivity contribution in [3.63, 3.8) is 0 Å². The molecule has 3 rings (SSSR count). The van der Waals surface area contributed by atoms with E-state index < -0.39 is 0 Å². The number of fused-ring (bicyclic) bond motifs is 1. The molecule has 0 aliphatic rings. The second-order valence-electron chi connectivity index (χ2n) is 5.92. The van der Waals surface area contributed by atoms with Gasteiger partial charge in [-0.2, -0.15) is 0 Å². The molecule has 0 spiro atoms. The molecule has 146 valence electrons. The van der Waals surface area contributed by atoms with Crippen molar-refractivity contribution >= 4 is 45.1 Å². The molecule has 2 amide bonds. The van der Waals surface area contributed by atoms with E-state index in [0.717, 1.165) is 20.8 Å². The average molecular weight is 419 g/mol. The van der Waals surface area contributed by atoms with Gasteiger partial charge < -0.3 is 10.2 Å². The Morgan fingerprint density at radius 3 is 2.75 bits per heavy atom. The summed E-state index contributed by atoms with van der Waals surface area (Å²) in [6.45, 7) is 2.53. The minimum atomic E-state index is -0.321. The largest absolute Gasteiger partial charge is 0.350 e. The lowest BCUT2D eigenvalue weighted by Crippen LogP contribution is -2.41. The summed E-state index contributed by atoms with van der Waals surface area (Å²) in [6.07, 6.45) is 1.49. The van der Waals surface area contributed by atoms with Crippen molar-refractivity contribution in [3.05, 3.63) is 53.4 Å². The van der Waals surface area contributed by atoms with Crippen LogP contribution in [0.4, 0.5) is 4.39 Å². The van der Waals surface area contributed by atoms with Crippen molar-refractivity contribution in [2.24, 2.45) is 0 Å². The molecule has 0 aliphatic carbocycles. The maximum absolute atomic E-state index is 12.9. The lowest BCUT2D eigenvalue weighted by Gasteiger charge is -2.20. The Morgan fingerprint density at radius 2 is 2.00 bits per heavy atom. The number of amides is 2. The predicted molar refractivity (Wildman–Crippen MR) is 109 cm³/mol. The second-order valence-corrected chi connectivity index (χ2v) is 7.78. The van der Waals surface area contributed by atoms with Crippen molar-refractivity contribution in [2.45, 2.75) is 18.5 Å². The summed E-state index contributed by atoms with van der Waals surface area (Å²) in [7, 11) is 0. The number of rotatable bonds is 8. The Morgan fingerprint density at radius 1 is 1.21 bits per heavy atom. The number of benzene rings is 1. The molecule has 0 fully saturated rings. The number of likely N-dealkylation sites (N-methyl/N-ethyl adjacent to an activating group) is 1. The summed E-state index contributed by atoms with van der Waals surface area (Å²) in [6, 6.07) is 7.85. The Kier molecular flexibility index (Phi) is 6.94. The van der Waals surface area contributed by atoms with Crippen LogP contribution in [-0.4, -0.2) is 45.5 Å². The monoisotopic (exact) mass is 418 g/mol. The third-order valence-electron chi connectivity index (χ3n) is 4.03. The highest BCUT2D eigenvalue weighted by atomic mass is 32.2. The van der Waals surface area contributed by atoms with Crippen LogP contribution in [0.2, 0.25) is 0 Å². The van der Waals surface area contributed by atoms with Gasteiger partial charge >= 0.3 is 0 Å². The molecule has 0 atom stereocenters. The van der Waals surface area contributed by atoms with Gasteiger partial charge in [-0.25, -0.2) is 14.4 Å². The molecular formula is C19H19FN4O2S2. The number of nitrogens with zero attached hydrogens (tertiary/aromatic N) is 3. The topological polar surface area (TPSA) is 75.2 Å². The first-order chi connectivity index (χ1) is 13.6. The van der Waals surface area contributed by atoms with E-state index in [1.165, 1.54) is 46.5 Å². The van der Waals surface area contributed by atoms with Crippen LogP contribution in [0.1, 0.15) is 12.5 Å². The van der Waals surface area contributed by atoms with E-state index in [9.17, 15) is 14.0 Å². The molecule has 0 saturated heterocycles. The van der Waals surface area contributed by atoms with E-state index >= 15 is 0 Å². The Labute approximate surface area is 170 Å². The number of thioether (sulfide) groups is 1. The van der Waals surface area contributed by atoms with Gasteiger partial charge in [0.25, 0.3) is 0 Å². The molecule has 1 aromatic carbocycles. The van der Waals surface area contributed by atoms with E-state index in [4.69, 9.17) is 0 Å². The summed E-state index contributed by atoms with van der Waals surface area (Å²) < 4.78 is 12.9. The molecule has 28 heavy (non-hydrogen) atoms. The van der Waals surface area contributed by atoms with Crippen LogP contribution in [0.15, 0.2) is 47.1 Å². The smallest absolute Gasteiger partial charge is 0.239 e. The van der Waals surface area contributed by atoms with Crippen molar-refractivity contribution in [2.75, 3.05) is 18.8 Å². The number of carbonyl (C=O) groups excluding carboxylic acids is 2. The van der Waals surface area contributed by atoms with Crippen LogP contribution in [0, 0.1) is 5.82 Å². The van der Waals surface area contributed by atoms with Crippen LogP contribution >= 0.6 is 23.1 Å². The van der Waals surface area contributed by atoms with Crippen molar-refractivity contribution < 1.29 is 14.0 Å². The fourth-order valence-corrected chi connectivity index (χ4v) is 4.19. The molecule has 0 aliphatic heterocycles. The molecule has 2 aromatic heterocycles. The maximum atomic E-state index is 12.9. The second kappa shape index (κ2) is 9.61. The Hall–Kier alpha value is -2.52. The van der Waals surface area contributed by atoms with Gasteiger partial charge in [-0.1, -0.05) is 23.9 Å². The first-order valence-corrected chi connectivity index (χ1v) is 10.5. The molecule has 0 bridgehead atoms. The zero-order valence-electron chi connectivity index (χ0n) is 15.2. The van der Waals surface area contributed by atoms with Gasteiger partial charge in [0, 0.05) is 18.5 Å². The minimum absolute atomic E-state index is 0.0191. The van der Waals surface area contributed by atoms with Crippen LogP contribution in [0.3, 0.4) is 0 Å². The van der Waals surface area contributed by atoms with Crippen molar-refractivity contribution in [1.82, 2.24) is 20.2 Å². The van der Waals surface area contributed by atoms with Crippen LogP contribution in [0.5, 0.6) is 0 Å². The highest BCUT2D eigenvalue weighted by Crippen LogP contribution is 2.27. The summed E-state index contributed by atoms with van der Waals surface area (Å²) in [5.74, 6) is -0.516. The quantitative estimate of drug-likeness (QED) is 0.449. The number of carbonyl (C=O) groups is 2. The van der Waals surface area contributed by atoms with Crippen LogP contribution in [-0.2, 0) is 16.1 Å². The predicted octanol–water partition coefficient (Wildman–Crippen LogP) is 3.09. The number of thiophene rings is 1. The average Bonchev–Trinajstić information content (AvgIpc) is 3.19. The number of aromatic nitrogens is 2. The standard InChI is InChI=1S/C19H19FN4O2S2/c1-2-24(10-16(25)21-9-13-3-5-14(20)6-4-13)17(26)11-28-19-15-7-8-27-18(15)22-12-23-19/h3-8,12H,2,9-11H2,1H3,(H,21,25). The van der Waals surface area contributed by atoms with E-state index in [1.54, 1.807) is 12.1 Å². The normalized spacial score (nSPS) is 10.8. The highest BCUT2D eigenvalue weighted by Gasteiger charge is 2.17. The van der Waals surface area contributed by atoms with Gasteiger partial charge in [0.2, 0.25) is 11.8 Å². The molecule has 2 heterocycles. The van der Waals surface area contributed by atoms with Crippen molar-refractivity contribution in [1.29, 1.82) is 0 Å². The summed E-state index contributed by atoms with van der Waals surface area (Å²) in [5, 5.41) is 6.39. The number of hydrogen-bond donors (Lipinski definition) is 1. The molecule has 6 nitrogen and oxygen atoms in total. The van der Waals surface area contributed by atoms with Crippen molar-refractivity contribution in [3.8, 4) is 0 Å². The molecule has 1 N–H and O–H groups in total. The number of hydrogen-bond acceptors (Lipinski definition) is 6. The summed E-state index contributed by atoms with van der Waals surface area (Å²) in [5.41, 5.74) is 0.795. The van der Waals surface area contributed by atoms with Gasteiger partial charge in [0.15, 0.2) is 0 Å². The highest BCUT2D eigenvalue weighted by molar-refractivity contribution is 8.00. The minimum Gasteiger partial charge on any atom is -0.350 e. The van der Waals surface area contributed by atoms with Gasteiger partial charge in [-0.15, -0.1) is 11.3 Å². The number of halogens is 1. The Balaban J connectivity index is 1.50. The van der Waals surface area contributed by atoms with E-state index in [1.807, 2.05) is 18.4 Å².